The smallest absolute Gasteiger partial charge is 0.343 e. The van der Waals surface area contributed by atoms with Gasteiger partial charge >= 0.3 is 5.97 Å². The Balaban J connectivity index is 1.58. The molecule has 0 fully saturated rings. The van der Waals surface area contributed by atoms with E-state index in [0.29, 0.717) is 34.3 Å². The number of esters is 1. The van der Waals surface area contributed by atoms with E-state index in [9.17, 15) is 9.59 Å². The Kier molecular flexibility index (Phi) is 8.43. The summed E-state index contributed by atoms with van der Waals surface area (Å²) in [6, 6.07) is 18.7. The van der Waals surface area contributed by atoms with Crippen LogP contribution in [0.2, 0.25) is 5.02 Å². The number of nitrogens with zero attached hydrogens (tertiary/aromatic N) is 1. The van der Waals surface area contributed by atoms with Gasteiger partial charge in [-0.2, -0.15) is 5.10 Å². The van der Waals surface area contributed by atoms with Gasteiger partial charge in [-0.3, -0.25) is 4.79 Å². The van der Waals surface area contributed by atoms with Crippen LogP contribution in [0.3, 0.4) is 0 Å². The van der Waals surface area contributed by atoms with Crippen molar-refractivity contribution in [1.29, 1.82) is 0 Å². The molecule has 3 aromatic rings. The number of nitrogens with one attached hydrogen (secondary N) is 1. The van der Waals surface area contributed by atoms with Gasteiger partial charge in [-0.15, -0.1) is 0 Å². The second kappa shape index (κ2) is 11.7. The van der Waals surface area contributed by atoms with Crippen LogP contribution in [-0.4, -0.2) is 31.3 Å². The van der Waals surface area contributed by atoms with Crippen LogP contribution in [0, 0.1) is 6.92 Å². The molecule has 0 unspecified atom stereocenters. The summed E-state index contributed by atoms with van der Waals surface area (Å²) in [5.41, 5.74) is 4.52. The number of hydrogen-bond donors (Lipinski definition) is 1. The SMILES string of the molecule is CCOc1cc(C=NNC(=O)COc2ccc(C)cc2)ccc1OC(=O)c1ccc(Cl)cc1. The first-order valence-corrected chi connectivity index (χ1v) is 10.6. The molecule has 0 heterocycles. The number of rotatable bonds is 9. The summed E-state index contributed by atoms with van der Waals surface area (Å²) in [6.45, 7) is 4.00. The minimum atomic E-state index is -0.533. The molecule has 3 rings (SSSR count). The molecule has 1 N–H and O–H groups in total. The molecule has 3 aromatic carbocycles. The summed E-state index contributed by atoms with van der Waals surface area (Å²) >= 11 is 5.85. The average molecular weight is 467 g/mol. The van der Waals surface area contributed by atoms with E-state index in [1.54, 1.807) is 54.6 Å². The lowest BCUT2D eigenvalue weighted by molar-refractivity contribution is -0.123. The Morgan fingerprint density at radius 3 is 2.39 bits per heavy atom. The molecule has 0 radical (unpaired) electrons. The van der Waals surface area contributed by atoms with Crippen LogP contribution < -0.4 is 19.6 Å². The van der Waals surface area contributed by atoms with Gasteiger partial charge in [0.2, 0.25) is 0 Å². The van der Waals surface area contributed by atoms with Crippen molar-refractivity contribution in [3.63, 3.8) is 0 Å². The molecule has 0 spiro atoms. The maximum Gasteiger partial charge on any atom is 0.343 e. The number of amides is 1. The third-order valence-electron chi connectivity index (χ3n) is 4.34. The Morgan fingerprint density at radius 1 is 0.970 bits per heavy atom. The molecule has 0 aromatic heterocycles. The lowest BCUT2D eigenvalue weighted by atomic mass is 10.2. The zero-order valence-corrected chi connectivity index (χ0v) is 19.0. The summed E-state index contributed by atoms with van der Waals surface area (Å²) < 4.78 is 16.5. The normalized spacial score (nSPS) is 10.6. The lowest BCUT2D eigenvalue weighted by Gasteiger charge is -2.11. The van der Waals surface area contributed by atoms with Crippen molar-refractivity contribution in [2.45, 2.75) is 13.8 Å². The molecular formula is C25H23ClN2O5. The molecule has 7 nitrogen and oxygen atoms in total. The van der Waals surface area contributed by atoms with Crippen LogP contribution in [0.1, 0.15) is 28.4 Å². The van der Waals surface area contributed by atoms with Crippen molar-refractivity contribution < 1.29 is 23.8 Å². The van der Waals surface area contributed by atoms with Crippen LogP contribution in [0.25, 0.3) is 0 Å². The molecule has 1 amide bonds. The molecule has 0 aliphatic rings. The number of halogens is 1. The van der Waals surface area contributed by atoms with Crippen molar-refractivity contribution in [2.75, 3.05) is 13.2 Å². The Morgan fingerprint density at radius 2 is 1.70 bits per heavy atom. The van der Waals surface area contributed by atoms with E-state index < -0.39 is 11.9 Å². The highest BCUT2D eigenvalue weighted by molar-refractivity contribution is 6.30. The predicted octanol–water partition coefficient (Wildman–Crippen LogP) is 4.80. The molecule has 0 aliphatic heterocycles. The highest BCUT2D eigenvalue weighted by Gasteiger charge is 2.13. The van der Waals surface area contributed by atoms with Gasteiger partial charge in [0.15, 0.2) is 18.1 Å². The molecule has 170 valence electrons. The lowest BCUT2D eigenvalue weighted by Crippen LogP contribution is -2.24. The van der Waals surface area contributed by atoms with Crippen LogP contribution in [0.15, 0.2) is 71.8 Å². The van der Waals surface area contributed by atoms with Gasteiger partial charge in [0, 0.05) is 5.02 Å². The van der Waals surface area contributed by atoms with Gasteiger partial charge in [-0.1, -0.05) is 29.3 Å². The topological polar surface area (TPSA) is 86.2 Å². The number of aryl methyl sites for hydroxylation is 1. The largest absolute Gasteiger partial charge is 0.490 e. The van der Waals surface area contributed by atoms with Crippen LogP contribution in [-0.2, 0) is 4.79 Å². The first-order valence-electron chi connectivity index (χ1n) is 10.2. The van der Waals surface area contributed by atoms with Crippen molar-refractivity contribution in [2.24, 2.45) is 5.10 Å². The monoisotopic (exact) mass is 466 g/mol. The molecular weight excluding hydrogens is 444 g/mol. The molecule has 8 heteroatoms. The van der Waals surface area contributed by atoms with Gasteiger partial charge in [0.25, 0.3) is 5.91 Å². The molecule has 0 atom stereocenters. The van der Waals surface area contributed by atoms with Crippen molar-refractivity contribution >= 4 is 29.7 Å². The second-order valence-electron chi connectivity index (χ2n) is 6.93. The molecule has 0 saturated carbocycles. The number of ether oxygens (including phenoxy) is 3. The van der Waals surface area contributed by atoms with E-state index in [0.717, 1.165) is 5.56 Å². The fourth-order valence-corrected chi connectivity index (χ4v) is 2.82. The number of hydrazone groups is 1. The molecule has 33 heavy (non-hydrogen) atoms. The van der Waals surface area contributed by atoms with E-state index in [1.165, 1.54) is 6.21 Å². The fraction of sp³-hybridized carbons (Fsp3) is 0.160. The standard InChI is InChI=1S/C25H23ClN2O5/c1-3-31-23-14-18(6-13-22(23)33-25(30)19-7-9-20(26)10-8-19)15-27-28-24(29)16-32-21-11-4-17(2)5-12-21/h4-15H,3,16H2,1-2H3,(H,28,29). The maximum atomic E-state index is 12.4. The highest BCUT2D eigenvalue weighted by Crippen LogP contribution is 2.29. The predicted molar refractivity (Wildman–Crippen MR) is 126 cm³/mol. The fourth-order valence-electron chi connectivity index (χ4n) is 2.70. The first-order chi connectivity index (χ1) is 15.9. The van der Waals surface area contributed by atoms with Crippen LogP contribution >= 0.6 is 11.6 Å². The van der Waals surface area contributed by atoms with Crippen molar-refractivity contribution in [3.05, 3.63) is 88.4 Å². The number of hydrogen-bond acceptors (Lipinski definition) is 6. The third kappa shape index (κ3) is 7.36. The van der Waals surface area contributed by atoms with Crippen LogP contribution in [0.5, 0.6) is 17.2 Å². The highest BCUT2D eigenvalue weighted by atomic mass is 35.5. The molecule has 0 aliphatic carbocycles. The maximum absolute atomic E-state index is 12.4. The Hall–Kier alpha value is -3.84. The first kappa shape index (κ1) is 23.8. The minimum absolute atomic E-state index is 0.163. The zero-order chi connectivity index (χ0) is 23.6. The second-order valence-corrected chi connectivity index (χ2v) is 7.37. The van der Waals surface area contributed by atoms with Gasteiger partial charge in [0.05, 0.1) is 18.4 Å². The third-order valence-corrected chi connectivity index (χ3v) is 4.60. The van der Waals surface area contributed by atoms with E-state index in [4.69, 9.17) is 25.8 Å². The van der Waals surface area contributed by atoms with E-state index >= 15 is 0 Å². The Bertz CT molecular complexity index is 1130. The minimum Gasteiger partial charge on any atom is -0.490 e. The summed E-state index contributed by atoms with van der Waals surface area (Å²) in [5.74, 6) is 0.312. The van der Waals surface area contributed by atoms with E-state index in [1.807, 2.05) is 26.0 Å². The molecule has 0 saturated heterocycles. The Labute approximate surface area is 196 Å². The number of carbonyl (C=O) groups excluding carboxylic acids is 2. The average Bonchev–Trinajstić information content (AvgIpc) is 2.81. The summed E-state index contributed by atoms with van der Waals surface area (Å²) in [4.78, 5) is 24.3. The van der Waals surface area contributed by atoms with E-state index in [2.05, 4.69) is 10.5 Å². The van der Waals surface area contributed by atoms with E-state index in [-0.39, 0.29) is 12.4 Å². The van der Waals surface area contributed by atoms with Crippen molar-refractivity contribution in [1.82, 2.24) is 5.43 Å². The summed E-state index contributed by atoms with van der Waals surface area (Å²) in [5, 5.41) is 4.46. The number of benzene rings is 3. The van der Waals surface area contributed by atoms with Gasteiger partial charge in [0.1, 0.15) is 5.75 Å². The van der Waals surface area contributed by atoms with Gasteiger partial charge in [-0.25, -0.2) is 10.2 Å². The van der Waals surface area contributed by atoms with Gasteiger partial charge in [-0.05, 0) is 74.0 Å². The van der Waals surface area contributed by atoms with Crippen molar-refractivity contribution in [3.8, 4) is 17.2 Å². The molecule has 0 bridgehead atoms. The zero-order valence-electron chi connectivity index (χ0n) is 18.2. The quantitative estimate of drug-likeness (QED) is 0.212. The summed E-state index contributed by atoms with van der Waals surface area (Å²) in [7, 11) is 0. The number of carbonyl (C=O) groups is 2. The van der Waals surface area contributed by atoms with Crippen LogP contribution in [0.4, 0.5) is 0 Å². The summed E-state index contributed by atoms with van der Waals surface area (Å²) in [6.07, 6.45) is 1.46. The van der Waals surface area contributed by atoms with Gasteiger partial charge < -0.3 is 14.2 Å².